The minimum atomic E-state index is 0.152. The van der Waals surface area contributed by atoms with Gasteiger partial charge < -0.3 is 10.1 Å². The third kappa shape index (κ3) is 2.47. The number of nitrogens with zero attached hydrogens (tertiary/aromatic N) is 2. The molecule has 2 rings (SSSR count). The third-order valence-corrected chi connectivity index (χ3v) is 2.31. The Morgan fingerprint density at radius 2 is 2.29 bits per heavy atom. The molecule has 1 aliphatic heterocycles. The molecule has 1 aliphatic rings. The second-order valence-electron chi connectivity index (χ2n) is 3.05. The summed E-state index contributed by atoms with van der Waals surface area (Å²) >= 11 is 11.4. The van der Waals surface area contributed by atoms with E-state index in [0.717, 1.165) is 13.0 Å². The predicted octanol–water partition coefficient (Wildman–Crippen LogP) is 1.98. The quantitative estimate of drug-likeness (QED) is 0.627. The monoisotopic (exact) mass is 233 g/mol. The highest BCUT2D eigenvalue weighted by Gasteiger charge is 2.15. The Labute approximate surface area is 91.6 Å². The summed E-state index contributed by atoms with van der Waals surface area (Å²) in [6.07, 6.45) is 0.971. The first kappa shape index (κ1) is 9.96. The first-order valence-corrected chi connectivity index (χ1v) is 5.04. The molecule has 1 atom stereocenters. The van der Waals surface area contributed by atoms with E-state index in [1.165, 1.54) is 0 Å². The van der Waals surface area contributed by atoms with Gasteiger partial charge in [0.05, 0.1) is 12.6 Å². The molecule has 1 aromatic heterocycles. The van der Waals surface area contributed by atoms with Crippen LogP contribution in [0.25, 0.3) is 0 Å². The molecule has 0 aromatic carbocycles. The van der Waals surface area contributed by atoms with Crippen LogP contribution in [0.2, 0.25) is 10.4 Å². The molecule has 14 heavy (non-hydrogen) atoms. The molecule has 1 N–H and O–H groups in total. The van der Waals surface area contributed by atoms with Crippen LogP contribution in [0.5, 0.6) is 0 Å². The average Bonchev–Trinajstić information content (AvgIpc) is 2.54. The van der Waals surface area contributed by atoms with Crippen LogP contribution in [-0.2, 0) is 4.74 Å². The molecule has 0 amide bonds. The van der Waals surface area contributed by atoms with Gasteiger partial charge >= 0.3 is 0 Å². The molecule has 0 saturated carbocycles. The van der Waals surface area contributed by atoms with Crippen molar-refractivity contribution in [2.24, 2.45) is 0 Å². The van der Waals surface area contributed by atoms with Gasteiger partial charge in [0.25, 0.3) is 0 Å². The number of ether oxygens (including phenoxy) is 1. The molecule has 0 radical (unpaired) electrons. The summed E-state index contributed by atoms with van der Waals surface area (Å²) in [5, 5.41) is 3.67. The topological polar surface area (TPSA) is 47.0 Å². The van der Waals surface area contributed by atoms with Crippen LogP contribution in [0.4, 0.5) is 5.82 Å². The van der Waals surface area contributed by atoms with Crippen molar-refractivity contribution in [1.82, 2.24) is 9.97 Å². The minimum absolute atomic E-state index is 0.152. The van der Waals surface area contributed by atoms with Gasteiger partial charge in [-0.1, -0.05) is 11.6 Å². The lowest BCUT2D eigenvalue weighted by Gasteiger charge is -2.10. The van der Waals surface area contributed by atoms with Crippen molar-refractivity contribution in [1.29, 1.82) is 0 Å². The molecule has 0 bridgehead atoms. The Balaban J connectivity index is 2.07. The fourth-order valence-corrected chi connectivity index (χ4v) is 1.73. The fourth-order valence-electron chi connectivity index (χ4n) is 1.32. The van der Waals surface area contributed by atoms with E-state index in [0.29, 0.717) is 17.6 Å². The van der Waals surface area contributed by atoms with Crippen molar-refractivity contribution in [3.8, 4) is 0 Å². The van der Waals surface area contributed by atoms with E-state index in [2.05, 4.69) is 15.3 Å². The van der Waals surface area contributed by atoms with Crippen LogP contribution in [0.1, 0.15) is 6.42 Å². The lowest BCUT2D eigenvalue weighted by Crippen LogP contribution is -2.19. The van der Waals surface area contributed by atoms with Crippen LogP contribution < -0.4 is 5.32 Å². The molecule has 2 heterocycles. The molecule has 1 saturated heterocycles. The molecule has 6 heteroatoms. The summed E-state index contributed by atoms with van der Waals surface area (Å²) in [6, 6.07) is 1.93. The summed E-state index contributed by atoms with van der Waals surface area (Å²) in [5.74, 6) is 0.644. The van der Waals surface area contributed by atoms with Crippen molar-refractivity contribution in [2.45, 2.75) is 12.5 Å². The maximum Gasteiger partial charge on any atom is 0.225 e. The maximum absolute atomic E-state index is 5.73. The number of nitrogens with one attached hydrogen (secondary N) is 1. The summed E-state index contributed by atoms with van der Waals surface area (Å²) < 4.78 is 5.22. The number of anilines is 1. The molecule has 1 unspecified atom stereocenters. The van der Waals surface area contributed by atoms with Crippen molar-refractivity contribution in [3.05, 3.63) is 16.5 Å². The Kier molecular flexibility index (Phi) is 3.05. The second-order valence-corrected chi connectivity index (χ2v) is 3.78. The Hall–Kier alpha value is -0.580. The first-order valence-electron chi connectivity index (χ1n) is 4.28. The maximum atomic E-state index is 5.73. The zero-order chi connectivity index (χ0) is 9.97. The highest BCUT2D eigenvalue weighted by Crippen LogP contribution is 2.17. The number of aromatic nitrogens is 2. The van der Waals surface area contributed by atoms with E-state index >= 15 is 0 Å². The average molecular weight is 234 g/mol. The molecule has 4 nitrogen and oxygen atoms in total. The van der Waals surface area contributed by atoms with Gasteiger partial charge in [0.15, 0.2) is 0 Å². The first-order chi connectivity index (χ1) is 6.74. The van der Waals surface area contributed by atoms with Crippen molar-refractivity contribution in [3.63, 3.8) is 0 Å². The van der Waals surface area contributed by atoms with Gasteiger partial charge in [0.2, 0.25) is 5.28 Å². The number of hydrogen-bond donors (Lipinski definition) is 1. The van der Waals surface area contributed by atoms with Gasteiger partial charge in [-0.3, -0.25) is 0 Å². The van der Waals surface area contributed by atoms with Crippen LogP contribution in [0.15, 0.2) is 6.07 Å². The molecule has 1 fully saturated rings. The van der Waals surface area contributed by atoms with Crippen molar-refractivity contribution in [2.75, 3.05) is 18.5 Å². The Bertz CT molecular complexity index is 308. The van der Waals surface area contributed by atoms with Gasteiger partial charge in [-0.05, 0) is 18.0 Å². The predicted molar refractivity (Wildman–Crippen MR) is 54.9 cm³/mol. The summed E-state index contributed by atoms with van der Waals surface area (Å²) in [6.45, 7) is 1.48. The number of rotatable bonds is 2. The zero-order valence-electron chi connectivity index (χ0n) is 7.33. The third-order valence-electron chi connectivity index (χ3n) is 1.95. The Morgan fingerprint density at radius 1 is 1.43 bits per heavy atom. The van der Waals surface area contributed by atoms with Gasteiger partial charge in [-0.2, -0.15) is 0 Å². The van der Waals surface area contributed by atoms with Crippen molar-refractivity contribution < 1.29 is 4.74 Å². The standard InChI is InChI=1S/C8H9Cl2N3O/c9-6-3-7(13-8(10)12-6)11-5-1-2-14-4-5/h3,5H,1-2,4H2,(H,11,12,13). The lowest BCUT2D eigenvalue weighted by atomic mass is 10.2. The normalized spacial score (nSPS) is 21.1. The molecule has 0 aliphatic carbocycles. The lowest BCUT2D eigenvalue weighted by molar-refractivity contribution is 0.195. The zero-order valence-corrected chi connectivity index (χ0v) is 8.85. The number of hydrogen-bond acceptors (Lipinski definition) is 4. The van der Waals surface area contributed by atoms with Gasteiger partial charge in [0.1, 0.15) is 11.0 Å². The van der Waals surface area contributed by atoms with Crippen LogP contribution >= 0.6 is 23.2 Å². The SMILES string of the molecule is Clc1cc(NC2CCOC2)nc(Cl)n1. The molecule has 0 spiro atoms. The Morgan fingerprint density at radius 3 is 2.93 bits per heavy atom. The van der Waals surface area contributed by atoms with Gasteiger partial charge in [-0.15, -0.1) is 0 Å². The second kappa shape index (κ2) is 4.29. The van der Waals surface area contributed by atoms with E-state index in [9.17, 15) is 0 Å². The van der Waals surface area contributed by atoms with Crippen LogP contribution in [0.3, 0.4) is 0 Å². The largest absolute Gasteiger partial charge is 0.379 e. The number of halogens is 2. The van der Waals surface area contributed by atoms with E-state index in [1.54, 1.807) is 6.07 Å². The van der Waals surface area contributed by atoms with E-state index in [-0.39, 0.29) is 11.3 Å². The molecular weight excluding hydrogens is 225 g/mol. The summed E-state index contributed by atoms with van der Waals surface area (Å²) in [5.41, 5.74) is 0. The van der Waals surface area contributed by atoms with Gasteiger partial charge in [-0.25, -0.2) is 9.97 Å². The molecule has 1 aromatic rings. The van der Waals surface area contributed by atoms with E-state index < -0.39 is 0 Å². The van der Waals surface area contributed by atoms with E-state index in [4.69, 9.17) is 27.9 Å². The minimum Gasteiger partial charge on any atom is -0.379 e. The van der Waals surface area contributed by atoms with Gasteiger partial charge in [0, 0.05) is 12.7 Å². The van der Waals surface area contributed by atoms with E-state index in [1.807, 2.05) is 0 Å². The van der Waals surface area contributed by atoms with Crippen LogP contribution in [-0.4, -0.2) is 29.2 Å². The smallest absolute Gasteiger partial charge is 0.225 e. The van der Waals surface area contributed by atoms with Crippen LogP contribution in [0, 0.1) is 0 Å². The fraction of sp³-hybridized carbons (Fsp3) is 0.500. The highest BCUT2D eigenvalue weighted by atomic mass is 35.5. The summed E-state index contributed by atoms with van der Waals surface area (Å²) in [4.78, 5) is 7.76. The molecule has 76 valence electrons. The highest BCUT2D eigenvalue weighted by molar-refractivity contribution is 6.32. The van der Waals surface area contributed by atoms with Crippen molar-refractivity contribution >= 4 is 29.0 Å². The summed E-state index contributed by atoms with van der Waals surface area (Å²) in [7, 11) is 0. The molecular formula is C8H9Cl2N3O.